The maximum Gasteiger partial charge on any atom is 0.305 e. The molecule has 0 spiro atoms. The molecule has 26 heavy (non-hydrogen) atoms. The average molecular weight is 362 g/mol. The number of imidazole rings is 1. The Hall–Kier alpha value is -2.13. The van der Waals surface area contributed by atoms with Crippen molar-refractivity contribution < 1.29 is 4.57 Å². The number of hydrogen-bond donors (Lipinski definition) is 0. The molecule has 1 aliphatic rings. The van der Waals surface area contributed by atoms with Gasteiger partial charge in [0.15, 0.2) is 5.52 Å². The van der Waals surface area contributed by atoms with E-state index in [1.165, 1.54) is 59.9 Å². The Balaban J connectivity index is 2.07. The lowest BCUT2D eigenvalue weighted by Gasteiger charge is -2.18. The Bertz CT molecular complexity index is 1250. The monoisotopic (exact) mass is 361 g/mol. The molecule has 0 saturated heterocycles. The number of fused-ring (bicyclic) bond motifs is 7. The molecule has 5 rings (SSSR count). The van der Waals surface area contributed by atoms with Gasteiger partial charge >= 0.3 is 5.82 Å². The normalized spacial score (nSPS) is 15.0. The molecule has 0 atom stereocenters. The van der Waals surface area contributed by atoms with Crippen LogP contribution in [0.4, 0.5) is 0 Å². The van der Waals surface area contributed by atoms with Crippen LogP contribution in [-0.2, 0) is 5.54 Å². The van der Waals surface area contributed by atoms with E-state index in [-0.39, 0.29) is 5.54 Å². The molecule has 3 heteroatoms. The summed E-state index contributed by atoms with van der Waals surface area (Å²) in [5.41, 5.74) is 9.80. The molecular formula is C23H25N2S+. The quantitative estimate of drug-likeness (QED) is 0.353. The molecule has 4 heterocycles. The zero-order valence-corrected chi connectivity index (χ0v) is 17.4. The van der Waals surface area contributed by atoms with Gasteiger partial charge in [-0.15, -0.1) is 11.3 Å². The summed E-state index contributed by atoms with van der Waals surface area (Å²) >= 11 is 1.94. The molecule has 4 aromatic rings. The van der Waals surface area contributed by atoms with E-state index in [4.69, 9.17) is 0 Å². The number of aromatic nitrogens is 2. The SMILES string of the molecule is Cc1c(C)c(C)n2c3[n+](c(C)c2c1C)C(C)(C)c1c-3sc2ccccc12. The third kappa shape index (κ3) is 1.61. The van der Waals surface area contributed by atoms with Gasteiger partial charge in [-0.05, 0) is 58.7 Å². The lowest BCUT2D eigenvalue weighted by molar-refractivity contribution is -0.734. The molecule has 0 unspecified atom stereocenters. The van der Waals surface area contributed by atoms with E-state index in [9.17, 15) is 0 Å². The number of nitrogens with zero attached hydrogens (tertiary/aromatic N) is 2. The van der Waals surface area contributed by atoms with Crippen molar-refractivity contribution in [1.29, 1.82) is 0 Å². The molecule has 2 nitrogen and oxygen atoms in total. The second-order valence-corrected chi connectivity index (χ2v) is 9.30. The van der Waals surface area contributed by atoms with Gasteiger partial charge in [-0.2, -0.15) is 4.40 Å². The summed E-state index contributed by atoms with van der Waals surface area (Å²) in [7, 11) is 0. The van der Waals surface area contributed by atoms with Gasteiger partial charge in [0.25, 0.3) is 0 Å². The van der Waals surface area contributed by atoms with E-state index in [0.29, 0.717) is 0 Å². The lowest BCUT2D eigenvalue weighted by atomic mass is 9.93. The third-order valence-corrected chi connectivity index (χ3v) is 7.82. The number of thiophene rings is 1. The Morgan fingerprint density at radius 2 is 1.62 bits per heavy atom. The van der Waals surface area contributed by atoms with Crippen molar-refractivity contribution >= 4 is 26.9 Å². The number of pyridine rings is 1. The number of rotatable bonds is 0. The molecule has 132 valence electrons. The van der Waals surface area contributed by atoms with Crippen LogP contribution in [-0.4, -0.2) is 4.40 Å². The smallest absolute Gasteiger partial charge is 0.217 e. The highest BCUT2D eigenvalue weighted by Crippen LogP contribution is 2.49. The van der Waals surface area contributed by atoms with Gasteiger partial charge in [0.2, 0.25) is 0 Å². The predicted molar refractivity (Wildman–Crippen MR) is 111 cm³/mol. The number of hydrogen-bond acceptors (Lipinski definition) is 1. The van der Waals surface area contributed by atoms with Gasteiger partial charge in [-0.25, -0.2) is 4.57 Å². The van der Waals surface area contributed by atoms with Crippen LogP contribution in [0.25, 0.3) is 26.3 Å². The minimum Gasteiger partial charge on any atom is -0.217 e. The summed E-state index contributed by atoms with van der Waals surface area (Å²) in [6.07, 6.45) is 0. The van der Waals surface area contributed by atoms with Crippen molar-refractivity contribution in [1.82, 2.24) is 4.40 Å². The third-order valence-electron chi connectivity index (χ3n) is 6.65. The first kappa shape index (κ1) is 16.1. The van der Waals surface area contributed by atoms with Crippen LogP contribution >= 0.6 is 11.3 Å². The van der Waals surface area contributed by atoms with Crippen molar-refractivity contribution in [3.63, 3.8) is 0 Å². The molecule has 3 aromatic heterocycles. The topological polar surface area (TPSA) is 8.29 Å². The molecule has 0 fully saturated rings. The summed E-state index contributed by atoms with van der Waals surface area (Å²) in [6.45, 7) is 16.1. The molecule has 0 aliphatic carbocycles. The summed E-state index contributed by atoms with van der Waals surface area (Å²) in [6, 6.07) is 8.86. The zero-order chi connectivity index (χ0) is 18.5. The van der Waals surface area contributed by atoms with Gasteiger partial charge in [0, 0.05) is 28.1 Å². The number of benzene rings is 1. The fourth-order valence-corrected chi connectivity index (χ4v) is 6.49. The number of aryl methyl sites for hydroxylation is 3. The van der Waals surface area contributed by atoms with Crippen molar-refractivity contribution in [3.05, 3.63) is 57.9 Å². The summed E-state index contributed by atoms with van der Waals surface area (Å²) in [4.78, 5) is 1.44. The van der Waals surface area contributed by atoms with E-state index >= 15 is 0 Å². The van der Waals surface area contributed by atoms with Crippen LogP contribution in [0.5, 0.6) is 0 Å². The van der Waals surface area contributed by atoms with E-state index in [1.807, 2.05) is 11.3 Å². The van der Waals surface area contributed by atoms with E-state index in [2.05, 4.69) is 81.7 Å². The Morgan fingerprint density at radius 3 is 2.35 bits per heavy atom. The van der Waals surface area contributed by atoms with Crippen molar-refractivity contribution in [2.24, 2.45) is 0 Å². The second kappa shape index (κ2) is 4.77. The van der Waals surface area contributed by atoms with Gasteiger partial charge in [-0.3, -0.25) is 0 Å². The van der Waals surface area contributed by atoms with E-state index < -0.39 is 0 Å². The summed E-state index contributed by atoms with van der Waals surface area (Å²) in [5, 5.41) is 1.41. The minimum absolute atomic E-state index is 0.0406. The van der Waals surface area contributed by atoms with Crippen molar-refractivity contribution in [2.45, 2.75) is 54.0 Å². The Labute approximate surface area is 158 Å². The molecule has 0 bridgehead atoms. The molecule has 0 radical (unpaired) electrons. The fraction of sp³-hybridized carbons (Fsp3) is 0.348. The van der Waals surface area contributed by atoms with E-state index in [1.54, 1.807) is 0 Å². The standard InChI is InChI=1S/C23H25N2S/c1-12-13(2)15(4)24-20(14(12)3)16(5)25-22(24)21-19(23(25,6)7)17-10-8-9-11-18(17)26-21/h8-11H,1-7H3/q+1. The highest BCUT2D eigenvalue weighted by Gasteiger charge is 2.49. The Morgan fingerprint density at radius 1 is 0.923 bits per heavy atom. The van der Waals surface area contributed by atoms with Crippen LogP contribution in [0.3, 0.4) is 0 Å². The fourth-order valence-electron chi connectivity index (χ4n) is 5.11. The highest BCUT2D eigenvalue weighted by atomic mass is 32.1. The van der Waals surface area contributed by atoms with Crippen molar-refractivity contribution in [3.8, 4) is 10.7 Å². The first-order valence-electron chi connectivity index (χ1n) is 9.33. The van der Waals surface area contributed by atoms with Gasteiger partial charge in [-0.1, -0.05) is 18.2 Å². The van der Waals surface area contributed by atoms with Crippen LogP contribution in [0, 0.1) is 34.6 Å². The molecule has 0 N–H and O–H groups in total. The predicted octanol–water partition coefficient (Wildman–Crippen LogP) is 5.75. The van der Waals surface area contributed by atoms with Crippen LogP contribution < -0.4 is 4.57 Å². The molecular weight excluding hydrogens is 336 g/mol. The van der Waals surface area contributed by atoms with Gasteiger partial charge < -0.3 is 0 Å². The maximum absolute atomic E-state index is 2.58. The second-order valence-electron chi connectivity index (χ2n) is 8.25. The maximum atomic E-state index is 2.58. The largest absolute Gasteiger partial charge is 0.305 e. The molecule has 0 saturated carbocycles. The molecule has 1 aromatic carbocycles. The van der Waals surface area contributed by atoms with E-state index in [0.717, 1.165) is 0 Å². The van der Waals surface area contributed by atoms with Crippen LogP contribution in [0.1, 0.15) is 47.5 Å². The zero-order valence-electron chi connectivity index (χ0n) is 16.6. The van der Waals surface area contributed by atoms with Crippen LogP contribution in [0.15, 0.2) is 24.3 Å². The molecule has 0 amide bonds. The highest BCUT2D eigenvalue weighted by molar-refractivity contribution is 7.22. The van der Waals surface area contributed by atoms with Crippen molar-refractivity contribution in [2.75, 3.05) is 0 Å². The first-order valence-corrected chi connectivity index (χ1v) is 10.1. The first-order chi connectivity index (χ1) is 12.3. The molecule has 1 aliphatic heterocycles. The summed E-state index contributed by atoms with van der Waals surface area (Å²) in [5.74, 6) is 1.36. The minimum atomic E-state index is -0.0406. The lowest BCUT2D eigenvalue weighted by Crippen LogP contribution is -2.51. The summed E-state index contributed by atoms with van der Waals surface area (Å²) < 4.78 is 6.49. The van der Waals surface area contributed by atoms with Gasteiger partial charge in [0.1, 0.15) is 21.8 Å². The Kier molecular flexibility index (Phi) is 2.95. The van der Waals surface area contributed by atoms with Crippen LogP contribution in [0.2, 0.25) is 0 Å². The van der Waals surface area contributed by atoms with Gasteiger partial charge in [0.05, 0.1) is 0 Å². The average Bonchev–Trinajstić information content (AvgIpc) is 3.20.